The fraction of sp³-hybridized carbons (Fsp3) is 0.0476. The number of non-ortho nitro benzene ring substituents is 1. The molecule has 0 saturated carbocycles. The molecule has 0 radical (unpaired) electrons. The molecule has 156 valence electrons. The molecule has 0 spiro atoms. The predicted molar refractivity (Wildman–Crippen MR) is 110 cm³/mol. The van der Waals surface area contributed by atoms with Crippen LogP contribution < -0.4 is 10.2 Å². The summed E-state index contributed by atoms with van der Waals surface area (Å²) in [6.07, 6.45) is 0. The number of nitrogens with zero attached hydrogens (tertiary/aromatic N) is 3. The first-order valence-corrected chi connectivity index (χ1v) is 8.88. The number of ether oxygens (including phenoxy) is 1. The molecule has 10 heteroatoms. The molecule has 10 nitrogen and oxygen atoms in total. The third-order valence-corrected chi connectivity index (χ3v) is 4.02. The molecule has 3 aromatic carbocycles. The number of azo groups is 1. The third-order valence-electron chi connectivity index (χ3n) is 4.02. The van der Waals surface area contributed by atoms with Crippen molar-refractivity contribution < 1.29 is 24.1 Å². The maximum Gasteiger partial charge on any atom is 0.366 e. The van der Waals surface area contributed by atoms with Gasteiger partial charge in [-0.2, -0.15) is 0 Å². The van der Waals surface area contributed by atoms with Crippen LogP contribution >= 0.6 is 0 Å². The first kappa shape index (κ1) is 21.1. The lowest BCUT2D eigenvalue weighted by Crippen LogP contribution is -2.11. The van der Waals surface area contributed by atoms with Gasteiger partial charge in [-0.1, -0.05) is 18.2 Å². The Kier molecular flexibility index (Phi) is 6.64. The molecule has 0 bridgehead atoms. The van der Waals surface area contributed by atoms with Crippen LogP contribution in [0.3, 0.4) is 0 Å². The predicted octanol–water partition coefficient (Wildman–Crippen LogP) is 4.71. The van der Waals surface area contributed by atoms with E-state index in [1.54, 1.807) is 48.5 Å². The van der Waals surface area contributed by atoms with Gasteiger partial charge in [0, 0.05) is 12.1 Å². The number of nitrogens with one attached hydrogen (secondary N) is 1. The Morgan fingerprint density at radius 3 is 2.45 bits per heavy atom. The summed E-state index contributed by atoms with van der Waals surface area (Å²) < 4.78 is 5.12. The number of hydrogen-bond acceptors (Lipinski definition) is 8. The van der Waals surface area contributed by atoms with E-state index in [2.05, 4.69) is 15.7 Å². The number of carbonyl (C=O) groups excluding carboxylic acids is 2. The summed E-state index contributed by atoms with van der Waals surface area (Å²) in [4.78, 5) is 39.5. The molecule has 3 aromatic rings. The van der Waals surface area contributed by atoms with Crippen LogP contribution in [0.5, 0.6) is 5.75 Å². The van der Waals surface area contributed by atoms with Gasteiger partial charge in [-0.25, -0.2) is 10.3 Å². The van der Waals surface area contributed by atoms with Crippen molar-refractivity contribution in [3.63, 3.8) is 0 Å². The van der Waals surface area contributed by atoms with E-state index in [4.69, 9.17) is 9.57 Å². The molecule has 0 unspecified atom stereocenters. The fourth-order valence-corrected chi connectivity index (χ4v) is 2.48. The first-order valence-electron chi connectivity index (χ1n) is 8.88. The van der Waals surface area contributed by atoms with Crippen LogP contribution in [-0.4, -0.2) is 23.9 Å². The summed E-state index contributed by atoms with van der Waals surface area (Å²) in [7, 11) is 1.45. The Morgan fingerprint density at radius 1 is 1.00 bits per heavy atom. The lowest BCUT2D eigenvalue weighted by Gasteiger charge is -2.09. The maximum absolute atomic E-state index is 12.2. The average molecular weight is 420 g/mol. The van der Waals surface area contributed by atoms with E-state index in [1.807, 2.05) is 0 Å². The number of para-hydroxylation sites is 1. The zero-order valence-electron chi connectivity index (χ0n) is 16.2. The van der Waals surface area contributed by atoms with Crippen molar-refractivity contribution in [2.45, 2.75) is 0 Å². The van der Waals surface area contributed by atoms with Crippen molar-refractivity contribution in [1.82, 2.24) is 0 Å². The molecule has 0 heterocycles. The Bertz CT molecular complexity index is 1140. The summed E-state index contributed by atoms with van der Waals surface area (Å²) in [5, 5.41) is 18.2. The van der Waals surface area contributed by atoms with Gasteiger partial charge < -0.3 is 9.57 Å². The molecule has 31 heavy (non-hydrogen) atoms. The van der Waals surface area contributed by atoms with Crippen molar-refractivity contribution in [1.29, 1.82) is 0 Å². The van der Waals surface area contributed by atoms with Gasteiger partial charge in [0.1, 0.15) is 11.3 Å². The van der Waals surface area contributed by atoms with Crippen LogP contribution in [0, 0.1) is 10.1 Å². The number of nitro groups is 1. The summed E-state index contributed by atoms with van der Waals surface area (Å²) >= 11 is 0. The summed E-state index contributed by atoms with van der Waals surface area (Å²) in [6, 6.07) is 18.1. The van der Waals surface area contributed by atoms with Gasteiger partial charge in [-0.15, -0.1) is 10.2 Å². The zero-order valence-corrected chi connectivity index (χ0v) is 16.2. The topological polar surface area (TPSA) is 132 Å². The highest BCUT2D eigenvalue weighted by atomic mass is 16.7. The minimum Gasteiger partial charge on any atom is -0.496 e. The normalized spacial score (nSPS) is 10.5. The van der Waals surface area contributed by atoms with E-state index in [0.717, 1.165) is 6.07 Å². The average Bonchev–Trinajstić information content (AvgIpc) is 2.81. The van der Waals surface area contributed by atoms with Gasteiger partial charge in [-0.05, 0) is 42.5 Å². The standard InChI is InChI=1S/C21H16N4O6/c1-30-19-8-3-2-7-18(19)21(27)31-24-16-11-9-15(10-12-16)22-23-20(26)14-5-4-6-17(13-14)25(28)29/h2-13,24H,1H3. The molecule has 0 aliphatic rings. The van der Waals surface area contributed by atoms with Crippen molar-refractivity contribution in [3.05, 3.63) is 94.0 Å². The second kappa shape index (κ2) is 9.74. The van der Waals surface area contributed by atoms with Crippen LogP contribution in [0.4, 0.5) is 17.1 Å². The SMILES string of the molecule is COc1ccccc1C(=O)ONc1ccc(N=NC(=O)c2cccc([N+](=O)[O-])c2)cc1. The van der Waals surface area contributed by atoms with Crippen molar-refractivity contribution in [2.24, 2.45) is 10.2 Å². The number of hydrogen-bond donors (Lipinski definition) is 1. The largest absolute Gasteiger partial charge is 0.496 e. The monoisotopic (exact) mass is 420 g/mol. The Hall–Kier alpha value is -4.60. The maximum atomic E-state index is 12.2. The van der Waals surface area contributed by atoms with E-state index in [1.165, 1.54) is 25.3 Å². The number of rotatable bonds is 7. The second-order valence-corrected chi connectivity index (χ2v) is 6.05. The van der Waals surface area contributed by atoms with Gasteiger partial charge >= 0.3 is 5.97 Å². The molecule has 0 aliphatic carbocycles. The van der Waals surface area contributed by atoms with Crippen LogP contribution in [0.25, 0.3) is 0 Å². The fourth-order valence-electron chi connectivity index (χ4n) is 2.48. The molecule has 0 aromatic heterocycles. The zero-order chi connectivity index (χ0) is 22.2. The highest BCUT2D eigenvalue weighted by Crippen LogP contribution is 2.21. The molecule has 1 amide bonds. The van der Waals surface area contributed by atoms with E-state index in [9.17, 15) is 19.7 Å². The minimum absolute atomic E-state index is 0.0551. The van der Waals surface area contributed by atoms with E-state index >= 15 is 0 Å². The smallest absolute Gasteiger partial charge is 0.366 e. The molecule has 0 atom stereocenters. The molecule has 0 fully saturated rings. The van der Waals surface area contributed by atoms with Crippen molar-refractivity contribution >= 4 is 28.9 Å². The highest BCUT2D eigenvalue weighted by molar-refractivity contribution is 5.95. The van der Waals surface area contributed by atoms with Gasteiger partial charge in [0.15, 0.2) is 0 Å². The number of carbonyl (C=O) groups is 2. The number of nitro benzene ring substituents is 1. The lowest BCUT2D eigenvalue weighted by molar-refractivity contribution is -0.384. The Balaban J connectivity index is 1.60. The van der Waals surface area contributed by atoms with Crippen LogP contribution in [-0.2, 0) is 4.84 Å². The van der Waals surface area contributed by atoms with Crippen LogP contribution in [0.1, 0.15) is 20.7 Å². The summed E-state index contributed by atoms with van der Waals surface area (Å²) in [5.41, 5.74) is 3.46. The Labute approximate surface area is 176 Å². The molecule has 3 rings (SSSR count). The van der Waals surface area contributed by atoms with Crippen molar-refractivity contribution in [3.8, 4) is 5.75 Å². The molecule has 1 N–H and O–H groups in total. The molecular formula is C21H16N4O6. The van der Waals surface area contributed by atoms with Crippen LogP contribution in [0.2, 0.25) is 0 Å². The highest BCUT2D eigenvalue weighted by Gasteiger charge is 2.13. The molecule has 0 saturated heterocycles. The van der Waals surface area contributed by atoms with Gasteiger partial charge in [0.05, 0.1) is 29.0 Å². The van der Waals surface area contributed by atoms with Crippen LogP contribution in [0.15, 0.2) is 83.0 Å². The second-order valence-electron chi connectivity index (χ2n) is 6.05. The summed E-state index contributed by atoms with van der Waals surface area (Å²) in [6.45, 7) is 0. The third kappa shape index (κ3) is 5.48. The molecule has 0 aliphatic heterocycles. The van der Waals surface area contributed by atoms with E-state index in [-0.39, 0.29) is 16.8 Å². The number of anilines is 1. The molecular weight excluding hydrogens is 404 g/mol. The van der Waals surface area contributed by atoms with Gasteiger partial charge in [-0.3, -0.25) is 14.9 Å². The number of amides is 1. The number of methoxy groups -OCH3 is 1. The van der Waals surface area contributed by atoms with Crippen molar-refractivity contribution in [2.75, 3.05) is 12.6 Å². The lowest BCUT2D eigenvalue weighted by atomic mass is 10.2. The number of benzene rings is 3. The summed E-state index contributed by atoms with van der Waals surface area (Å²) in [5.74, 6) is -0.945. The first-order chi connectivity index (χ1) is 15.0. The quantitative estimate of drug-likeness (QED) is 0.332. The van der Waals surface area contributed by atoms with Gasteiger partial charge in [0.25, 0.3) is 11.6 Å². The Morgan fingerprint density at radius 2 is 1.74 bits per heavy atom. The van der Waals surface area contributed by atoms with Gasteiger partial charge in [0.2, 0.25) is 0 Å². The minimum atomic E-state index is -0.711. The van der Waals surface area contributed by atoms with E-state index in [0.29, 0.717) is 17.1 Å². The van der Waals surface area contributed by atoms with E-state index < -0.39 is 16.8 Å².